The highest BCUT2D eigenvalue weighted by atomic mass is 28.4. The van der Waals surface area contributed by atoms with E-state index in [9.17, 15) is 4.79 Å². The van der Waals surface area contributed by atoms with Crippen molar-refractivity contribution >= 4 is 19.3 Å². The van der Waals surface area contributed by atoms with Gasteiger partial charge < -0.3 is 4.43 Å². The molecule has 0 aliphatic carbocycles. The highest BCUT2D eigenvalue weighted by molar-refractivity contribution is 6.84. The van der Waals surface area contributed by atoms with Crippen LogP contribution in [0.15, 0.2) is 54.6 Å². The first-order chi connectivity index (χ1) is 9.49. The number of carbonyl (C=O) groups excluding carboxylic acids is 1. The molecule has 3 heteroatoms. The lowest BCUT2D eigenvalue weighted by atomic mass is 10.1. The molecule has 0 unspecified atom stereocenters. The minimum absolute atomic E-state index is 0.0939. The van der Waals surface area contributed by atoms with Crippen LogP contribution in [-0.2, 0) is 11.0 Å². The summed E-state index contributed by atoms with van der Waals surface area (Å²) in [5, 5.41) is 1.29. The molecular formula is C17H20O2Si. The van der Waals surface area contributed by atoms with Gasteiger partial charge in [0, 0.05) is 5.56 Å². The molecule has 104 valence electrons. The van der Waals surface area contributed by atoms with Crippen molar-refractivity contribution in [1.29, 1.82) is 0 Å². The van der Waals surface area contributed by atoms with Gasteiger partial charge in [0.2, 0.25) is 8.32 Å². The number of Topliss-reactive ketones (excluding diaryl/α,β-unsaturated/α-hetero) is 1. The van der Waals surface area contributed by atoms with Crippen LogP contribution >= 0.6 is 0 Å². The molecule has 2 rings (SSSR count). The van der Waals surface area contributed by atoms with E-state index >= 15 is 0 Å². The summed E-state index contributed by atoms with van der Waals surface area (Å²) in [5.41, 5.74) is 1.85. The Morgan fingerprint density at radius 1 is 1.00 bits per heavy atom. The van der Waals surface area contributed by atoms with E-state index in [2.05, 4.69) is 37.4 Å². The Balaban J connectivity index is 2.03. The van der Waals surface area contributed by atoms with Gasteiger partial charge in [0.1, 0.15) is 0 Å². The van der Waals surface area contributed by atoms with Crippen LogP contribution in [0.4, 0.5) is 0 Å². The van der Waals surface area contributed by atoms with Crippen molar-refractivity contribution < 1.29 is 9.22 Å². The molecule has 0 aliphatic heterocycles. The Morgan fingerprint density at radius 2 is 1.60 bits per heavy atom. The lowest BCUT2D eigenvalue weighted by Gasteiger charge is -2.23. The van der Waals surface area contributed by atoms with E-state index < -0.39 is 8.32 Å². The topological polar surface area (TPSA) is 26.3 Å². The fraction of sp³-hybridized carbons (Fsp3) is 0.235. The second kappa shape index (κ2) is 6.16. The van der Waals surface area contributed by atoms with Gasteiger partial charge in [0.25, 0.3) is 0 Å². The van der Waals surface area contributed by atoms with Crippen LogP contribution in [0.1, 0.15) is 22.8 Å². The zero-order chi connectivity index (χ0) is 14.6. The van der Waals surface area contributed by atoms with Crippen molar-refractivity contribution in [2.24, 2.45) is 0 Å². The van der Waals surface area contributed by atoms with E-state index in [1.54, 1.807) is 6.92 Å². The van der Waals surface area contributed by atoms with Crippen LogP contribution in [0.2, 0.25) is 13.1 Å². The molecule has 0 atom stereocenters. The van der Waals surface area contributed by atoms with Gasteiger partial charge in [-0.2, -0.15) is 0 Å². The van der Waals surface area contributed by atoms with Crippen LogP contribution < -0.4 is 5.19 Å². The Bertz CT molecular complexity index is 574. The van der Waals surface area contributed by atoms with Gasteiger partial charge in [0.05, 0.1) is 6.61 Å². The summed E-state index contributed by atoms with van der Waals surface area (Å²) in [7, 11) is -1.86. The van der Waals surface area contributed by atoms with Gasteiger partial charge >= 0.3 is 0 Å². The number of hydrogen-bond donors (Lipinski definition) is 0. The summed E-state index contributed by atoms with van der Waals surface area (Å²) in [6.45, 7) is 6.57. The van der Waals surface area contributed by atoms with Crippen LogP contribution in [0, 0.1) is 0 Å². The van der Waals surface area contributed by atoms with E-state index in [0.29, 0.717) is 6.61 Å². The quantitative estimate of drug-likeness (QED) is 0.620. The molecule has 2 nitrogen and oxygen atoms in total. The smallest absolute Gasteiger partial charge is 0.218 e. The first-order valence-electron chi connectivity index (χ1n) is 6.78. The minimum atomic E-state index is -1.86. The Labute approximate surface area is 121 Å². The van der Waals surface area contributed by atoms with E-state index in [1.807, 2.05) is 30.3 Å². The number of hydrogen-bond acceptors (Lipinski definition) is 2. The van der Waals surface area contributed by atoms with Crippen molar-refractivity contribution in [2.75, 3.05) is 0 Å². The molecular weight excluding hydrogens is 264 g/mol. The predicted octanol–water partition coefficient (Wildman–Crippen LogP) is 3.52. The standard InChI is InChI=1S/C17H20O2Si/c1-14(18)16-11-9-15(10-12-16)13-19-20(2,3)17-7-5-4-6-8-17/h4-12H,13H2,1-3H3. The van der Waals surface area contributed by atoms with E-state index in [4.69, 9.17) is 4.43 Å². The second-order valence-corrected chi connectivity index (χ2v) is 9.30. The Kier molecular flexibility index (Phi) is 4.52. The average Bonchev–Trinajstić information content (AvgIpc) is 2.46. The normalized spacial score (nSPS) is 11.3. The van der Waals surface area contributed by atoms with Gasteiger partial charge in [-0.05, 0) is 30.8 Å². The summed E-state index contributed by atoms with van der Waals surface area (Å²) in [4.78, 5) is 11.2. The predicted molar refractivity (Wildman–Crippen MR) is 84.8 cm³/mol. The first kappa shape index (κ1) is 14.7. The zero-order valence-electron chi connectivity index (χ0n) is 12.2. The fourth-order valence-electron chi connectivity index (χ4n) is 2.02. The molecule has 0 spiro atoms. The van der Waals surface area contributed by atoms with Gasteiger partial charge in [0.15, 0.2) is 5.78 Å². The fourth-order valence-corrected chi connectivity index (χ4v) is 3.71. The third kappa shape index (κ3) is 3.65. The highest BCUT2D eigenvalue weighted by Gasteiger charge is 2.24. The van der Waals surface area contributed by atoms with Gasteiger partial charge in [-0.15, -0.1) is 0 Å². The molecule has 20 heavy (non-hydrogen) atoms. The average molecular weight is 284 g/mol. The van der Waals surface area contributed by atoms with Crippen molar-refractivity contribution in [3.63, 3.8) is 0 Å². The third-order valence-corrected chi connectivity index (χ3v) is 6.02. The summed E-state index contributed by atoms with van der Waals surface area (Å²) in [6.07, 6.45) is 0. The van der Waals surface area contributed by atoms with Crippen LogP contribution in [0.25, 0.3) is 0 Å². The van der Waals surface area contributed by atoms with Gasteiger partial charge in [-0.3, -0.25) is 4.79 Å². The monoisotopic (exact) mass is 284 g/mol. The Hall–Kier alpha value is -1.71. The van der Waals surface area contributed by atoms with Crippen molar-refractivity contribution in [3.8, 4) is 0 Å². The maximum absolute atomic E-state index is 11.2. The molecule has 0 heterocycles. The number of benzene rings is 2. The largest absolute Gasteiger partial charge is 0.409 e. The van der Waals surface area contributed by atoms with E-state index in [1.165, 1.54) is 5.19 Å². The SMILES string of the molecule is CC(=O)c1ccc(CO[Si](C)(C)c2ccccc2)cc1. The summed E-state index contributed by atoms with van der Waals surface area (Å²) in [6, 6.07) is 18.0. The molecule has 0 aliphatic rings. The Morgan fingerprint density at radius 3 is 2.15 bits per heavy atom. The van der Waals surface area contributed by atoms with Gasteiger partial charge in [-0.25, -0.2) is 0 Å². The molecule has 0 N–H and O–H groups in total. The molecule has 2 aromatic carbocycles. The molecule has 0 amide bonds. The maximum Gasteiger partial charge on any atom is 0.218 e. The van der Waals surface area contributed by atoms with E-state index in [0.717, 1.165) is 11.1 Å². The molecule has 0 saturated heterocycles. The van der Waals surface area contributed by atoms with Crippen LogP contribution in [0.3, 0.4) is 0 Å². The van der Waals surface area contributed by atoms with Crippen molar-refractivity contribution in [2.45, 2.75) is 26.6 Å². The summed E-state index contributed by atoms with van der Waals surface area (Å²) >= 11 is 0. The third-order valence-electron chi connectivity index (χ3n) is 3.43. The van der Waals surface area contributed by atoms with Gasteiger partial charge in [-0.1, -0.05) is 54.6 Å². The summed E-state index contributed by atoms with van der Waals surface area (Å²) < 4.78 is 6.16. The van der Waals surface area contributed by atoms with Crippen molar-refractivity contribution in [1.82, 2.24) is 0 Å². The van der Waals surface area contributed by atoms with E-state index in [-0.39, 0.29) is 5.78 Å². The molecule has 0 radical (unpaired) electrons. The number of rotatable bonds is 5. The minimum Gasteiger partial charge on any atom is -0.409 e. The summed E-state index contributed by atoms with van der Waals surface area (Å²) in [5.74, 6) is 0.0939. The zero-order valence-corrected chi connectivity index (χ0v) is 13.2. The molecule has 0 saturated carbocycles. The van der Waals surface area contributed by atoms with Crippen LogP contribution in [-0.4, -0.2) is 14.1 Å². The van der Waals surface area contributed by atoms with Crippen molar-refractivity contribution in [3.05, 3.63) is 65.7 Å². The molecule has 2 aromatic rings. The first-order valence-corrected chi connectivity index (χ1v) is 9.69. The number of carbonyl (C=O) groups is 1. The number of ketones is 1. The van der Waals surface area contributed by atoms with Crippen LogP contribution in [0.5, 0.6) is 0 Å². The molecule has 0 aromatic heterocycles. The maximum atomic E-state index is 11.2. The lowest BCUT2D eigenvalue weighted by Crippen LogP contribution is -2.44. The molecule has 0 bridgehead atoms. The second-order valence-electron chi connectivity index (χ2n) is 5.42. The molecule has 0 fully saturated rings. The lowest BCUT2D eigenvalue weighted by molar-refractivity contribution is 0.101. The highest BCUT2D eigenvalue weighted by Crippen LogP contribution is 2.11.